The number of carbonyl (C=O) groups is 8. The molecule has 0 bridgehead atoms. The highest BCUT2D eigenvalue weighted by Crippen LogP contribution is 2.43. The van der Waals surface area contributed by atoms with Crippen molar-refractivity contribution in [2.45, 2.75) is 190 Å². The summed E-state index contributed by atoms with van der Waals surface area (Å²) in [5.41, 5.74) is 6.75. The van der Waals surface area contributed by atoms with Crippen LogP contribution >= 0.6 is 47.1 Å². The Hall–Kier alpha value is -12.6. The summed E-state index contributed by atoms with van der Waals surface area (Å²) >= 11 is 14.5. The third kappa shape index (κ3) is 25.6. The lowest BCUT2D eigenvalue weighted by Crippen LogP contribution is -2.58. The zero-order valence-corrected chi connectivity index (χ0v) is 82.0. The maximum absolute atomic E-state index is 15.3. The second kappa shape index (κ2) is 45.4. The van der Waals surface area contributed by atoms with Crippen molar-refractivity contribution in [3.8, 4) is 62.1 Å². The van der Waals surface area contributed by atoms with Crippen molar-refractivity contribution in [1.29, 1.82) is 5.26 Å². The molecule has 136 heavy (non-hydrogen) atoms. The Bertz CT molecular complexity index is 5980. The molecule has 27 nitrogen and oxygen atoms in total. The van der Waals surface area contributed by atoms with E-state index in [1.807, 2.05) is 162 Å². The van der Waals surface area contributed by atoms with E-state index in [1.54, 1.807) is 67.7 Å². The molecule has 4 saturated heterocycles. The summed E-state index contributed by atoms with van der Waals surface area (Å²) in [4.78, 5) is 131. The monoisotopic (exact) mass is 1930 g/mol. The minimum Gasteiger partial charge on any atom is -0.490 e. The third-order valence-corrected chi connectivity index (χ3v) is 26.1. The van der Waals surface area contributed by atoms with Crippen LogP contribution in [0.25, 0.3) is 25.7 Å². The number of hydrogen-bond acceptors (Lipinski definition) is 20. The zero-order chi connectivity index (χ0) is 98.9. The summed E-state index contributed by atoms with van der Waals surface area (Å²) in [6, 6.07) is 33.7. The highest BCUT2D eigenvalue weighted by atomic mass is 32.1. The van der Waals surface area contributed by atoms with Gasteiger partial charge in [-0.15, -0.1) is 22.7 Å². The van der Waals surface area contributed by atoms with Crippen LogP contribution in [-0.2, 0) is 71.8 Å². The number of thiazole rings is 2. The van der Waals surface area contributed by atoms with Gasteiger partial charge in [-0.05, 0) is 234 Å². The van der Waals surface area contributed by atoms with Crippen molar-refractivity contribution < 1.29 is 79.6 Å². The molecule has 0 saturated carbocycles. The van der Waals surface area contributed by atoms with Crippen molar-refractivity contribution >= 4 is 133 Å². The number of nitrogens with one attached hydrogen (secondary N) is 4. The molecule has 6 heterocycles. The van der Waals surface area contributed by atoms with Crippen LogP contribution in [0.2, 0.25) is 0 Å². The summed E-state index contributed by atoms with van der Waals surface area (Å²) < 4.78 is 84.6. The Balaban J connectivity index is 0.000000262. The Morgan fingerprint density at radius 1 is 0.581 bits per heavy atom. The average Bonchev–Trinajstić information content (AvgIpc) is 1.57. The normalized spacial score (nSPS) is 17.2. The van der Waals surface area contributed by atoms with Gasteiger partial charge in [-0.25, -0.2) is 19.2 Å². The van der Waals surface area contributed by atoms with Gasteiger partial charge in [-0.2, -0.15) is 18.4 Å². The number of thiocarbonyl (C=S) groups is 2. The first-order chi connectivity index (χ1) is 64.4. The number of benzene rings is 6. The first-order valence-corrected chi connectivity index (χ1v) is 47.1. The number of nitriles is 1. The molecule has 4 fully saturated rings. The molecule has 8 amide bonds. The molecule has 6 aromatic carbocycles. The van der Waals surface area contributed by atoms with Crippen molar-refractivity contribution in [1.82, 2.24) is 41.0 Å². The molecular weight excluding hydrogens is 1820 g/mol. The summed E-state index contributed by atoms with van der Waals surface area (Å²) in [5, 5.41) is 21.1. The van der Waals surface area contributed by atoms with E-state index in [0.717, 1.165) is 71.7 Å². The van der Waals surface area contributed by atoms with Crippen molar-refractivity contribution in [3.05, 3.63) is 195 Å². The van der Waals surface area contributed by atoms with Crippen LogP contribution in [0, 0.1) is 90.8 Å². The molecule has 0 spiro atoms. The van der Waals surface area contributed by atoms with Gasteiger partial charge in [0.05, 0.1) is 68.2 Å². The number of unbranched alkanes of at least 4 members (excludes halogenated alkanes) is 1. The molecule has 4 aliphatic rings. The number of carbonyl (C=O) groups excluding carboxylic acids is 8. The summed E-state index contributed by atoms with van der Waals surface area (Å²) in [6.45, 7) is 37.0. The molecule has 2 aromatic heterocycles. The van der Waals surface area contributed by atoms with Crippen molar-refractivity contribution in [2.75, 3.05) is 85.5 Å². The summed E-state index contributed by atoms with van der Waals surface area (Å²) in [5.74, 6) is 8.12. The zero-order valence-electron chi connectivity index (χ0n) is 78.7. The molecule has 12 rings (SSSR count). The van der Waals surface area contributed by atoms with Gasteiger partial charge in [0.1, 0.15) is 67.4 Å². The Labute approximate surface area is 809 Å². The van der Waals surface area contributed by atoms with E-state index in [-0.39, 0.29) is 103 Å². The Morgan fingerprint density at radius 2 is 1.04 bits per heavy atom. The standard InChI is InChI=1S/C51H59F4N7O7S2.C50H53N7O6S2/c1-31-23-40(45(64)57-27-33-11-13-34(14-12-33)43-32(2)58-30-71-43)60(28-31)46(65)44(49(3,4)5)59-42(63)29-68-20-9-8-19-67-21-10-22-69-41-18-17-37(25-39(41)52)62-48(70)61(47(66)50(62,6)7)36-16-15-35(26-56)38(24-36)51(53,54)55;1-32-26-41(45(59)52-28-35-14-16-36(17-15-35)43-34(3)53-31-65-43)55(29-32)46(60)44(49(4,5)6)54-42(58)30-62-24-12-10-11-13-25-63-39-21-18-37(19-22-39)57-48(64)56(47(61)50(57,7)8)38-20-23-40(51-9)33(2)27-38/h11-18,24-25,30-31,40,44H,8-10,19-23,27-29H2,1-7H3,(H,57,64)(H,59,63);14-23,27,31-32,41,44H,24-26,28-30H2,1-8H3,(H,52,59)(H,54,58)/t31-,40+,44-;32-,41+,44-/m11/s1. The molecule has 4 aliphatic heterocycles. The fourth-order valence-electron chi connectivity index (χ4n) is 16.2. The topological polar surface area (TPSA) is 304 Å². The summed E-state index contributed by atoms with van der Waals surface area (Å²) in [6.07, 6.45) is -2.14. The molecule has 4 N–H and O–H groups in total. The van der Waals surface area contributed by atoms with Crippen LogP contribution in [0.4, 0.5) is 46.0 Å². The number of ether oxygens (including phenoxy) is 5. The predicted molar refractivity (Wildman–Crippen MR) is 522 cm³/mol. The second-order valence-corrected chi connectivity index (χ2v) is 39.4. The highest BCUT2D eigenvalue weighted by Gasteiger charge is 2.53. The van der Waals surface area contributed by atoms with Crippen molar-refractivity contribution in [2.24, 2.45) is 22.7 Å². The largest absolute Gasteiger partial charge is 0.490 e. The van der Waals surface area contributed by atoms with E-state index < -0.39 is 86.9 Å². The van der Waals surface area contributed by atoms with Gasteiger partial charge in [0, 0.05) is 75.5 Å². The number of alkyl halides is 3. The number of rotatable bonds is 33. The number of hydrogen-bond donors (Lipinski definition) is 4. The predicted octanol–water partition coefficient (Wildman–Crippen LogP) is 16.1. The molecule has 8 aromatic rings. The van der Waals surface area contributed by atoms with Crippen molar-refractivity contribution in [3.63, 3.8) is 0 Å². The van der Waals surface area contributed by atoms with E-state index in [1.165, 1.54) is 47.9 Å². The number of halogens is 4. The maximum Gasteiger partial charge on any atom is 0.417 e. The fraction of sp³-hybridized carbons (Fsp3) is 0.426. The van der Waals surface area contributed by atoms with Gasteiger partial charge >= 0.3 is 6.18 Å². The van der Waals surface area contributed by atoms with Gasteiger partial charge in [0.2, 0.25) is 35.4 Å². The molecule has 0 radical (unpaired) electrons. The lowest BCUT2D eigenvalue weighted by atomic mass is 9.85. The highest BCUT2D eigenvalue weighted by molar-refractivity contribution is 7.81. The molecule has 716 valence electrons. The van der Waals surface area contributed by atoms with Gasteiger partial charge in [0.25, 0.3) is 11.8 Å². The number of aryl methyl sites for hydroxylation is 3. The lowest BCUT2D eigenvalue weighted by Gasteiger charge is -2.35. The van der Waals surface area contributed by atoms with E-state index in [9.17, 15) is 56.8 Å². The number of likely N-dealkylation sites (tertiary alicyclic amines) is 2. The Kier molecular flexibility index (Phi) is 34.7. The van der Waals surface area contributed by atoms with Gasteiger partial charge < -0.3 is 64.6 Å². The van der Waals surface area contributed by atoms with Crippen LogP contribution in [0.3, 0.4) is 0 Å². The maximum atomic E-state index is 15.3. The minimum absolute atomic E-state index is 0.0569. The van der Waals surface area contributed by atoms with Crippen LogP contribution in [0.15, 0.2) is 138 Å². The summed E-state index contributed by atoms with van der Waals surface area (Å²) in [7, 11) is 0. The van der Waals surface area contributed by atoms with Gasteiger partial charge in [0.15, 0.2) is 27.5 Å². The minimum atomic E-state index is -4.85. The van der Waals surface area contributed by atoms with E-state index in [0.29, 0.717) is 99.8 Å². The number of anilines is 4. The number of amides is 8. The molecule has 0 unspecified atom stereocenters. The average molecular weight is 1930 g/mol. The SMILES string of the molecule is Cc1ncsc1-c1ccc(CNC(=O)[C@@H]2C[C@@H](C)CN2C(=O)[C@@H](NC(=O)COCCCCOCCCOc2ccc(N3C(=S)N(c4ccc(C#N)c(C(F)(F)F)c4)C(=O)C3(C)C)cc2F)C(C)(C)C)cc1.[C-]#[N+]c1ccc(N2C(=O)C(C)(C)N(c3ccc(OCC#CC#CCOCC(=O)N[C@H](C(=O)N4C[C@H](C)C[C@H]4C(=O)NCc4ccc(-c5scnc5C)cc4)C(C)(C)C)cc3)C2=S)cc1C. The van der Waals surface area contributed by atoms with Crippen LogP contribution in [0.5, 0.6) is 11.5 Å². The van der Waals surface area contributed by atoms with Crippen LogP contribution in [-0.4, -0.2) is 178 Å². The smallest absolute Gasteiger partial charge is 0.417 e. The van der Waals surface area contributed by atoms with Crippen LogP contribution < -0.4 is 50.3 Å². The van der Waals surface area contributed by atoms with E-state index >= 15 is 4.39 Å². The number of aromatic nitrogens is 2. The van der Waals surface area contributed by atoms with Gasteiger partial charge in [-0.1, -0.05) is 116 Å². The molecular formula is C101H112F4N14O13S4. The first-order valence-electron chi connectivity index (χ1n) is 44.5. The second-order valence-electron chi connectivity index (χ2n) is 36.9. The van der Waals surface area contributed by atoms with E-state index in [4.69, 9.17) is 54.7 Å². The fourth-order valence-corrected chi connectivity index (χ4v) is 18.8. The van der Waals surface area contributed by atoms with Gasteiger partial charge in [-0.3, -0.25) is 48.2 Å². The van der Waals surface area contributed by atoms with Crippen LogP contribution in [0.1, 0.15) is 154 Å². The first kappa shape index (κ1) is 104. The Morgan fingerprint density at radius 3 is 1.50 bits per heavy atom. The third-order valence-electron chi connectivity index (χ3n) is 23.4. The molecule has 0 aliphatic carbocycles. The molecule has 35 heteroatoms. The van der Waals surface area contributed by atoms with E-state index in [2.05, 4.69) is 59.8 Å². The lowest BCUT2D eigenvalue weighted by molar-refractivity contribution is -0.144. The molecule has 6 atom stereocenters. The quantitative estimate of drug-likeness (QED) is 0.00976. The number of nitrogens with zero attached hydrogens (tertiary/aromatic N) is 10.